The van der Waals surface area contributed by atoms with Gasteiger partial charge in [-0.1, -0.05) is 32.4 Å². The normalized spacial score (nSPS) is 17.0. The molecule has 2 rings (SSSR count). The van der Waals surface area contributed by atoms with Crippen LogP contribution in [0.25, 0.3) is 0 Å². The van der Waals surface area contributed by atoms with E-state index in [1.807, 2.05) is 12.1 Å². The van der Waals surface area contributed by atoms with Crippen molar-refractivity contribution >= 4 is 11.7 Å². The standard InChI is InChI=1S/C18H29N3O/c1-3-15(2)16-7-9-17(10-8-16)20-18(22)19-11-14-21-12-5-4-6-13-21/h7-10,15H,3-6,11-14H2,1-2H3,(H2,19,20,22). The molecule has 0 aliphatic carbocycles. The van der Waals surface area contributed by atoms with Crippen molar-refractivity contribution in [2.75, 3.05) is 31.5 Å². The fourth-order valence-corrected chi connectivity index (χ4v) is 2.82. The van der Waals surface area contributed by atoms with Gasteiger partial charge in [0.15, 0.2) is 0 Å². The summed E-state index contributed by atoms with van der Waals surface area (Å²) >= 11 is 0. The van der Waals surface area contributed by atoms with Crippen molar-refractivity contribution in [2.45, 2.75) is 45.4 Å². The minimum absolute atomic E-state index is 0.117. The molecule has 1 saturated heterocycles. The van der Waals surface area contributed by atoms with Crippen molar-refractivity contribution in [3.63, 3.8) is 0 Å². The number of carbonyl (C=O) groups is 1. The van der Waals surface area contributed by atoms with Gasteiger partial charge in [-0.2, -0.15) is 0 Å². The maximum Gasteiger partial charge on any atom is 0.319 e. The minimum atomic E-state index is -0.117. The van der Waals surface area contributed by atoms with Crippen molar-refractivity contribution in [1.82, 2.24) is 10.2 Å². The fourth-order valence-electron chi connectivity index (χ4n) is 2.82. The molecule has 1 heterocycles. The van der Waals surface area contributed by atoms with Crippen LogP contribution in [0.15, 0.2) is 24.3 Å². The summed E-state index contributed by atoms with van der Waals surface area (Å²) in [7, 11) is 0. The van der Waals surface area contributed by atoms with E-state index in [9.17, 15) is 4.79 Å². The van der Waals surface area contributed by atoms with Crippen molar-refractivity contribution in [1.29, 1.82) is 0 Å². The first-order valence-corrected chi connectivity index (χ1v) is 8.56. The maximum absolute atomic E-state index is 11.9. The van der Waals surface area contributed by atoms with E-state index in [-0.39, 0.29) is 6.03 Å². The molecule has 22 heavy (non-hydrogen) atoms. The molecule has 0 aromatic heterocycles. The molecule has 0 saturated carbocycles. The van der Waals surface area contributed by atoms with Crippen LogP contribution in [0.3, 0.4) is 0 Å². The largest absolute Gasteiger partial charge is 0.337 e. The van der Waals surface area contributed by atoms with Crippen LogP contribution in [0, 0.1) is 0 Å². The van der Waals surface area contributed by atoms with E-state index in [1.54, 1.807) is 0 Å². The lowest BCUT2D eigenvalue weighted by molar-refractivity contribution is 0.224. The fraction of sp³-hybridized carbons (Fsp3) is 0.611. The zero-order chi connectivity index (χ0) is 15.8. The number of hydrogen-bond donors (Lipinski definition) is 2. The number of anilines is 1. The number of carbonyl (C=O) groups excluding carboxylic acids is 1. The number of urea groups is 1. The Bertz CT molecular complexity index is 452. The van der Waals surface area contributed by atoms with E-state index >= 15 is 0 Å². The Labute approximate surface area is 134 Å². The van der Waals surface area contributed by atoms with Gasteiger partial charge in [-0.3, -0.25) is 0 Å². The van der Waals surface area contributed by atoms with Crippen LogP contribution in [-0.4, -0.2) is 37.1 Å². The molecule has 1 aromatic carbocycles. The minimum Gasteiger partial charge on any atom is -0.337 e. The van der Waals surface area contributed by atoms with Crippen molar-refractivity contribution < 1.29 is 4.79 Å². The topological polar surface area (TPSA) is 44.4 Å². The van der Waals surface area contributed by atoms with Gasteiger partial charge in [-0.25, -0.2) is 4.79 Å². The number of piperidine rings is 1. The summed E-state index contributed by atoms with van der Waals surface area (Å²) in [5, 5.41) is 5.83. The average Bonchev–Trinajstić information content (AvgIpc) is 2.56. The molecule has 1 unspecified atom stereocenters. The third-order valence-corrected chi connectivity index (χ3v) is 4.51. The third-order valence-electron chi connectivity index (χ3n) is 4.51. The van der Waals surface area contributed by atoms with Crippen LogP contribution >= 0.6 is 0 Å². The van der Waals surface area contributed by atoms with Crippen LogP contribution in [0.5, 0.6) is 0 Å². The highest BCUT2D eigenvalue weighted by Crippen LogP contribution is 2.20. The van der Waals surface area contributed by atoms with E-state index in [4.69, 9.17) is 0 Å². The lowest BCUT2D eigenvalue weighted by Crippen LogP contribution is -2.39. The number of nitrogens with zero attached hydrogens (tertiary/aromatic N) is 1. The van der Waals surface area contributed by atoms with E-state index in [0.29, 0.717) is 12.5 Å². The molecule has 2 N–H and O–H groups in total. The monoisotopic (exact) mass is 303 g/mol. The van der Waals surface area contributed by atoms with Gasteiger partial charge in [0.05, 0.1) is 0 Å². The molecular weight excluding hydrogens is 274 g/mol. The van der Waals surface area contributed by atoms with Crippen LogP contribution in [-0.2, 0) is 0 Å². The third kappa shape index (κ3) is 5.34. The Hall–Kier alpha value is -1.55. The van der Waals surface area contributed by atoms with Gasteiger partial charge in [0.1, 0.15) is 0 Å². The molecule has 4 heteroatoms. The van der Waals surface area contributed by atoms with Crippen LogP contribution in [0.4, 0.5) is 10.5 Å². The lowest BCUT2D eigenvalue weighted by atomic mass is 9.99. The van der Waals surface area contributed by atoms with Gasteiger partial charge < -0.3 is 15.5 Å². The second kappa shape index (κ2) is 8.79. The average molecular weight is 303 g/mol. The summed E-state index contributed by atoms with van der Waals surface area (Å²) in [5.74, 6) is 0.562. The van der Waals surface area contributed by atoms with Gasteiger partial charge in [0, 0.05) is 18.8 Å². The quantitative estimate of drug-likeness (QED) is 0.839. The second-order valence-electron chi connectivity index (χ2n) is 6.21. The van der Waals surface area contributed by atoms with Gasteiger partial charge in [0.25, 0.3) is 0 Å². The summed E-state index contributed by atoms with van der Waals surface area (Å²) in [4.78, 5) is 14.3. The Balaban J connectivity index is 1.70. The molecule has 4 nitrogen and oxygen atoms in total. The molecule has 0 bridgehead atoms. The summed E-state index contributed by atoms with van der Waals surface area (Å²) < 4.78 is 0. The van der Waals surface area contributed by atoms with E-state index < -0.39 is 0 Å². The van der Waals surface area contributed by atoms with Crippen molar-refractivity contribution in [3.8, 4) is 0 Å². The predicted octanol–water partition coefficient (Wildman–Crippen LogP) is 3.81. The van der Waals surface area contributed by atoms with Gasteiger partial charge in [0.2, 0.25) is 0 Å². The van der Waals surface area contributed by atoms with Crippen molar-refractivity contribution in [2.24, 2.45) is 0 Å². The van der Waals surface area contributed by atoms with Gasteiger partial charge in [-0.15, -0.1) is 0 Å². The highest BCUT2D eigenvalue weighted by molar-refractivity contribution is 5.89. The van der Waals surface area contributed by atoms with Crippen LogP contribution < -0.4 is 10.6 Å². The molecule has 2 amide bonds. The first-order valence-electron chi connectivity index (χ1n) is 8.56. The maximum atomic E-state index is 11.9. The Morgan fingerprint density at radius 1 is 1.18 bits per heavy atom. The molecule has 0 radical (unpaired) electrons. The SMILES string of the molecule is CCC(C)c1ccc(NC(=O)NCCN2CCCCC2)cc1. The zero-order valence-corrected chi connectivity index (χ0v) is 13.9. The molecule has 1 atom stereocenters. The highest BCUT2D eigenvalue weighted by Gasteiger charge is 2.10. The van der Waals surface area contributed by atoms with E-state index in [2.05, 4.69) is 41.5 Å². The first kappa shape index (κ1) is 16.8. The van der Waals surface area contributed by atoms with E-state index in [1.165, 1.54) is 37.9 Å². The number of hydrogen-bond acceptors (Lipinski definition) is 2. The van der Waals surface area contributed by atoms with Gasteiger partial charge >= 0.3 is 6.03 Å². The molecule has 122 valence electrons. The Kier molecular flexibility index (Phi) is 6.72. The highest BCUT2D eigenvalue weighted by atomic mass is 16.2. The number of amides is 2. The molecule has 0 spiro atoms. The zero-order valence-electron chi connectivity index (χ0n) is 13.9. The first-order chi connectivity index (χ1) is 10.7. The molecule has 1 aliphatic rings. The van der Waals surface area contributed by atoms with Crippen LogP contribution in [0.2, 0.25) is 0 Å². The smallest absolute Gasteiger partial charge is 0.319 e. The lowest BCUT2D eigenvalue weighted by Gasteiger charge is -2.26. The molecule has 1 fully saturated rings. The van der Waals surface area contributed by atoms with Crippen molar-refractivity contribution in [3.05, 3.63) is 29.8 Å². The second-order valence-corrected chi connectivity index (χ2v) is 6.21. The van der Waals surface area contributed by atoms with Crippen LogP contribution in [0.1, 0.15) is 51.0 Å². The molecule has 1 aromatic rings. The number of nitrogens with one attached hydrogen (secondary N) is 2. The Morgan fingerprint density at radius 3 is 2.50 bits per heavy atom. The summed E-state index contributed by atoms with van der Waals surface area (Å²) in [6.07, 6.45) is 5.05. The summed E-state index contributed by atoms with van der Waals surface area (Å²) in [6, 6.07) is 8.03. The molecule has 1 aliphatic heterocycles. The van der Waals surface area contributed by atoms with E-state index in [0.717, 1.165) is 18.7 Å². The summed E-state index contributed by atoms with van der Waals surface area (Å²) in [5.41, 5.74) is 2.17. The number of likely N-dealkylation sites (tertiary alicyclic amines) is 1. The van der Waals surface area contributed by atoms with Gasteiger partial charge in [-0.05, 0) is 56.0 Å². The number of rotatable bonds is 6. The summed E-state index contributed by atoms with van der Waals surface area (Å²) in [6.45, 7) is 8.39. The number of benzene rings is 1. The predicted molar refractivity (Wildman–Crippen MR) is 92.5 cm³/mol. The molecular formula is C18H29N3O. The Morgan fingerprint density at radius 2 is 1.86 bits per heavy atom.